The normalized spacial score (nSPS) is 14.4. The Morgan fingerprint density at radius 2 is 1.78 bits per heavy atom. The molecule has 0 saturated heterocycles. The highest BCUT2D eigenvalue weighted by Crippen LogP contribution is 2.38. The molecule has 6 heteroatoms. The van der Waals surface area contributed by atoms with Crippen LogP contribution in [0.1, 0.15) is 18.5 Å². The minimum atomic E-state index is -2.82. The molecule has 0 saturated carbocycles. The van der Waals surface area contributed by atoms with E-state index in [1.165, 1.54) is 12.1 Å². The molecule has 4 nitrogen and oxygen atoms in total. The van der Waals surface area contributed by atoms with E-state index in [1.54, 1.807) is 12.1 Å². The quantitative estimate of drug-likeness (QED) is 0.894. The number of para-hydroxylation sites is 1. The van der Waals surface area contributed by atoms with E-state index in [9.17, 15) is 8.78 Å². The number of fused-ring (bicyclic) bond motifs is 1. The summed E-state index contributed by atoms with van der Waals surface area (Å²) >= 11 is 0. The highest BCUT2D eigenvalue weighted by molar-refractivity contribution is 5.64. The van der Waals surface area contributed by atoms with Crippen LogP contribution in [0.15, 0.2) is 42.5 Å². The van der Waals surface area contributed by atoms with Gasteiger partial charge in [-0.25, -0.2) is 0 Å². The fraction of sp³-hybridized carbons (Fsp3) is 0.294. The monoisotopic (exact) mass is 321 g/mol. The van der Waals surface area contributed by atoms with Crippen molar-refractivity contribution in [2.75, 3.05) is 18.5 Å². The van der Waals surface area contributed by atoms with Crippen molar-refractivity contribution in [3.05, 3.63) is 48.0 Å². The summed E-state index contributed by atoms with van der Waals surface area (Å²) in [4.78, 5) is 0. The molecule has 1 aliphatic rings. The zero-order valence-corrected chi connectivity index (χ0v) is 12.6. The lowest BCUT2D eigenvalue weighted by Gasteiger charge is -2.23. The second kappa shape index (κ2) is 6.73. The maximum atomic E-state index is 12.2. The molecule has 0 aromatic heterocycles. The molecule has 0 bridgehead atoms. The van der Waals surface area contributed by atoms with E-state index < -0.39 is 6.61 Å². The second-order valence-electron chi connectivity index (χ2n) is 5.14. The van der Waals surface area contributed by atoms with Gasteiger partial charge in [0.2, 0.25) is 0 Å². The van der Waals surface area contributed by atoms with Gasteiger partial charge in [0.25, 0.3) is 0 Å². The molecule has 2 aromatic carbocycles. The predicted octanol–water partition coefficient (Wildman–Crippen LogP) is 4.23. The Labute approximate surface area is 133 Å². The zero-order valence-electron chi connectivity index (χ0n) is 12.6. The summed E-state index contributed by atoms with van der Waals surface area (Å²) in [7, 11) is 0. The topological polar surface area (TPSA) is 39.7 Å². The highest BCUT2D eigenvalue weighted by atomic mass is 19.3. The third kappa shape index (κ3) is 3.64. The molecule has 3 rings (SSSR count). The summed E-state index contributed by atoms with van der Waals surface area (Å²) < 4.78 is 39.9. The number of alkyl halides is 2. The van der Waals surface area contributed by atoms with Crippen LogP contribution in [-0.2, 0) is 0 Å². The van der Waals surface area contributed by atoms with Crippen molar-refractivity contribution in [3.63, 3.8) is 0 Å². The number of halogens is 2. The van der Waals surface area contributed by atoms with E-state index in [0.717, 1.165) is 11.3 Å². The molecule has 0 fully saturated rings. The van der Waals surface area contributed by atoms with Crippen molar-refractivity contribution in [1.82, 2.24) is 0 Å². The van der Waals surface area contributed by atoms with Gasteiger partial charge >= 0.3 is 6.61 Å². The van der Waals surface area contributed by atoms with Crippen LogP contribution >= 0.6 is 0 Å². The maximum absolute atomic E-state index is 12.2. The molecule has 1 N–H and O–H groups in total. The molecular formula is C17H17F2NO3. The van der Waals surface area contributed by atoms with Gasteiger partial charge in [-0.2, -0.15) is 8.78 Å². The van der Waals surface area contributed by atoms with Crippen LogP contribution < -0.4 is 19.5 Å². The SMILES string of the molecule is C[C@@H](Nc1cccc2c1OCCO2)c1ccc(OC(F)F)cc1. The third-order valence-electron chi connectivity index (χ3n) is 3.54. The van der Waals surface area contributed by atoms with E-state index in [0.29, 0.717) is 24.7 Å². The van der Waals surface area contributed by atoms with Crippen LogP contribution in [0.2, 0.25) is 0 Å². The second-order valence-corrected chi connectivity index (χ2v) is 5.14. The van der Waals surface area contributed by atoms with Crippen LogP contribution in [0.5, 0.6) is 17.2 Å². The molecule has 122 valence electrons. The Morgan fingerprint density at radius 3 is 2.52 bits per heavy atom. The first-order chi connectivity index (χ1) is 11.1. The highest BCUT2D eigenvalue weighted by Gasteiger charge is 2.17. The standard InChI is InChI=1S/C17H17F2NO3/c1-11(12-5-7-13(8-6-12)23-17(18)19)20-14-3-2-4-15-16(14)22-10-9-21-15/h2-8,11,17,20H,9-10H2,1H3/t11-/m1/s1. The van der Waals surface area contributed by atoms with Gasteiger partial charge in [-0.15, -0.1) is 0 Å². The number of benzene rings is 2. The number of hydrogen-bond acceptors (Lipinski definition) is 4. The largest absolute Gasteiger partial charge is 0.486 e. The average molecular weight is 321 g/mol. The lowest BCUT2D eigenvalue weighted by Crippen LogP contribution is -2.17. The molecule has 23 heavy (non-hydrogen) atoms. The van der Waals surface area contributed by atoms with Gasteiger partial charge in [0.1, 0.15) is 19.0 Å². The van der Waals surface area contributed by atoms with Crippen molar-refractivity contribution in [2.45, 2.75) is 19.6 Å². The summed E-state index contributed by atoms with van der Waals surface area (Å²) in [5.74, 6) is 1.56. The fourth-order valence-electron chi connectivity index (χ4n) is 2.44. The molecule has 0 radical (unpaired) electrons. The Balaban J connectivity index is 1.73. The van der Waals surface area contributed by atoms with Crippen molar-refractivity contribution < 1.29 is 23.0 Å². The van der Waals surface area contributed by atoms with E-state index >= 15 is 0 Å². The summed E-state index contributed by atoms with van der Waals surface area (Å²) in [6.45, 7) is 0.216. The van der Waals surface area contributed by atoms with E-state index in [2.05, 4.69) is 10.1 Å². The fourth-order valence-corrected chi connectivity index (χ4v) is 2.44. The van der Waals surface area contributed by atoms with Gasteiger partial charge in [-0.05, 0) is 36.8 Å². The number of nitrogens with one attached hydrogen (secondary N) is 1. The average Bonchev–Trinajstić information content (AvgIpc) is 2.55. The minimum absolute atomic E-state index is 0.0346. The van der Waals surface area contributed by atoms with Crippen LogP contribution in [0.4, 0.5) is 14.5 Å². The number of anilines is 1. The van der Waals surface area contributed by atoms with E-state index in [4.69, 9.17) is 9.47 Å². The van der Waals surface area contributed by atoms with Crippen molar-refractivity contribution >= 4 is 5.69 Å². The van der Waals surface area contributed by atoms with Crippen molar-refractivity contribution in [1.29, 1.82) is 0 Å². The smallest absolute Gasteiger partial charge is 0.387 e. The van der Waals surface area contributed by atoms with E-state index in [1.807, 2.05) is 25.1 Å². The molecule has 1 heterocycles. The van der Waals surface area contributed by atoms with Crippen molar-refractivity contribution in [3.8, 4) is 17.2 Å². The predicted molar refractivity (Wildman–Crippen MR) is 82.5 cm³/mol. The summed E-state index contributed by atoms with van der Waals surface area (Å²) in [6.07, 6.45) is 0. The third-order valence-corrected chi connectivity index (χ3v) is 3.54. The molecule has 0 amide bonds. The Hall–Kier alpha value is -2.50. The minimum Gasteiger partial charge on any atom is -0.486 e. The zero-order chi connectivity index (χ0) is 16.2. The Morgan fingerprint density at radius 1 is 1.04 bits per heavy atom. The molecule has 1 atom stereocenters. The Kier molecular flexibility index (Phi) is 4.50. The first-order valence-corrected chi connectivity index (χ1v) is 7.33. The number of ether oxygens (including phenoxy) is 3. The van der Waals surface area contributed by atoms with Crippen LogP contribution in [0.25, 0.3) is 0 Å². The molecule has 1 aliphatic heterocycles. The molecule has 0 unspecified atom stereocenters. The van der Waals surface area contributed by atoms with Gasteiger partial charge < -0.3 is 19.5 Å². The number of rotatable bonds is 5. The molecule has 0 aliphatic carbocycles. The van der Waals surface area contributed by atoms with Gasteiger partial charge in [0.05, 0.1) is 5.69 Å². The van der Waals surface area contributed by atoms with Crippen LogP contribution in [0.3, 0.4) is 0 Å². The molecule has 0 spiro atoms. The summed E-state index contributed by atoms with van der Waals surface area (Å²) in [5, 5.41) is 3.35. The van der Waals surface area contributed by atoms with Crippen LogP contribution in [0, 0.1) is 0 Å². The Bertz CT molecular complexity index is 661. The van der Waals surface area contributed by atoms with Gasteiger partial charge in [0.15, 0.2) is 11.5 Å². The van der Waals surface area contributed by atoms with Gasteiger partial charge in [0, 0.05) is 6.04 Å². The van der Waals surface area contributed by atoms with Crippen molar-refractivity contribution in [2.24, 2.45) is 0 Å². The summed E-state index contributed by atoms with van der Waals surface area (Å²) in [6, 6.07) is 12.2. The number of hydrogen-bond donors (Lipinski definition) is 1. The molecular weight excluding hydrogens is 304 g/mol. The lowest BCUT2D eigenvalue weighted by atomic mass is 10.1. The lowest BCUT2D eigenvalue weighted by molar-refractivity contribution is -0.0498. The first-order valence-electron chi connectivity index (χ1n) is 7.33. The first kappa shape index (κ1) is 15.4. The van der Waals surface area contributed by atoms with E-state index in [-0.39, 0.29) is 11.8 Å². The van der Waals surface area contributed by atoms with Gasteiger partial charge in [-0.3, -0.25) is 0 Å². The summed E-state index contributed by atoms with van der Waals surface area (Å²) in [5.41, 5.74) is 1.78. The van der Waals surface area contributed by atoms with Crippen LogP contribution in [-0.4, -0.2) is 19.8 Å². The maximum Gasteiger partial charge on any atom is 0.387 e. The van der Waals surface area contributed by atoms with Gasteiger partial charge in [-0.1, -0.05) is 18.2 Å². The molecule has 2 aromatic rings.